The van der Waals surface area contributed by atoms with Gasteiger partial charge in [0.25, 0.3) is 0 Å². The molecule has 0 aliphatic carbocycles. The highest BCUT2D eigenvalue weighted by Crippen LogP contribution is 2.27. The van der Waals surface area contributed by atoms with Crippen molar-refractivity contribution in [2.45, 2.75) is 38.1 Å². The molecule has 0 bridgehead atoms. The number of aliphatic carboxylic acids is 1. The second-order valence-electron chi connectivity index (χ2n) is 5.42. The van der Waals surface area contributed by atoms with E-state index < -0.39 is 5.97 Å². The molecule has 1 aliphatic heterocycles. The van der Waals surface area contributed by atoms with Gasteiger partial charge in [-0.05, 0) is 37.5 Å². The lowest BCUT2D eigenvalue weighted by atomic mass is 9.99. The quantitative estimate of drug-likeness (QED) is 0.903. The Balaban J connectivity index is 2.08. The van der Waals surface area contributed by atoms with E-state index in [1.165, 1.54) is 0 Å². The molecule has 2 unspecified atom stereocenters. The van der Waals surface area contributed by atoms with Gasteiger partial charge in [-0.1, -0.05) is 12.1 Å². The summed E-state index contributed by atoms with van der Waals surface area (Å²) in [7, 11) is 1.60. The zero-order valence-corrected chi connectivity index (χ0v) is 12.4. The average molecular weight is 291 g/mol. The Morgan fingerprint density at radius 1 is 1.38 bits per heavy atom. The first-order valence-corrected chi connectivity index (χ1v) is 7.19. The number of methoxy groups -OCH3 is 1. The highest BCUT2D eigenvalue weighted by Gasteiger charge is 2.33. The summed E-state index contributed by atoms with van der Waals surface area (Å²) >= 11 is 0. The number of carboxylic acid groups (broad SMARTS) is 1. The lowest BCUT2D eigenvalue weighted by Crippen LogP contribution is -2.39. The molecule has 0 saturated carbocycles. The van der Waals surface area contributed by atoms with E-state index in [0.29, 0.717) is 6.54 Å². The lowest BCUT2D eigenvalue weighted by Gasteiger charge is -2.26. The lowest BCUT2D eigenvalue weighted by molar-refractivity contribution is -0.140. The van der Waals surface area contributed by atoms with E-state index in [2.05, 4.69) is 0 Å². The molecular formula is C16H21NO4. The van der Waals surface area contributed by atoms with Crippen molar-refractivity contribution in [3.63, 3.8) is 0 Å². The molecule has 5 heteroatoms. The maximum atomic E-state index is 12.6. The predicted octanol–water partition coefficient (Wildman–Crippen LogP) is 2.26. The smallest absolute Gasteiger partial charge is 0.305 e. The van der Waals surface area contributed by atoms with Gasteiger partial charge in [0.15, 0.2) is 0 Å². The molecule has 0 radical (unpaired) electrons. The van der Waals surface area contributed by atoms with E-state index in [-0.39, 0.29) is 24.3 Å². The molecule has 2 atom stereocenters. The first kappa shape index (κ1) is 15.4. The molecule has 0 aromatic heterocycles. The van der Waals surface area contributed by atoms with Gasteiger partial charge in [-0.15, -0.1) is 0 Å². The van der Waals surface area contributed by atoms with Crippen molar-refractivity contribution in [3.05, 3.63) is 29.8 Å². The van der Waals surface area contributed by atoms with Gasteiger partial charge in [0.1, 0.15) is 5.75 Å². The number of carboxylic acids is 1. The summed E-state index contributed by atoms with van der Waals surface area (Å²) in [6.07, 6.45) is 1.67. The van der Waals surface area contributed by atoms with Crippen LogP contribution in [0.15, 0.2) is 24.3 Å². The van der Waals surface area contributed by atoms with Crippen molar-refractivity contribution in [2.24, 2.45) is 0 Å². The number of carbonyl (C=O) groups excluding carboxylic acids is 1. The molecule has 114 valence electrons. The van der Waals surface area contributed by atoms with Crippen LogP contribution in [0, 0.1) is 0 Å². The third-order valence-corrected chi connectivity index (χ3v) is 4.06. The first-order chi connectivity index (χ1) is 10.0. The second kappa shape index (κ2) is 6.61. The van der Waals surface area contributed by atoms with Gasteiger partial charge >= 0.3 is 5.97 Å². The maximum absolute atomic E-state index is 12.6. The zero-order valence-electron chi connectivity index (χ0n) is 12.4. The topological polar surface area (TPSA) is 66.8 Å². The fourth-order valence-corrected chi connectivity index (χ4v) is 2.82. The van der Waals surface area contributed by atoms with Crippen LogP contribution in [0.5, 0.6) is 5.75 Å². The number of benzene rings is 1. The Bertz CT molecular complexity index is 512. The number of likely N-dealkylation sites (tertiary alicyclic amines) is 1. The van der Waals surface area contributed by atoms with Crippen molar-refractivity contribution in [1.29, 1.82) is 0 Å². The second-order valence-corrected chi connectivity index (χ2v) is 5.42. The summed E-state index contributed by atoms with van der Waals surface area (Å²) in [5.41, 5.74) is 0.918. The number of amides is 1. The van der Waals surface area contributed by atoms with E-state index >= 15 is 0 Å². The molecule has 1 aliphatic rings. The largest absolute Gasteiger partial charge is 0.497 e. The van der Waals surface area contributed by atoms with Crippen molar-refractivity contribution in [2.75, 3.05) is 13.7 Å². The number of ether oxygens (including phenoxy) is 1. The number of rotatable bonds is 5. The monoisotopic (exact) mass is 291 g/mol. The van der Waals surface area contributed by atoms with Gasteiger partial charge in [0.05, 0.1) is 19.4 Å². The van der Waals surface area contributed by atoms with Crippen LogP contribution < -0.4 is 4.74 Å². The van der Waals surface area contributed by atoms with Gasteiger partial charge in [0, 0.05) is 12.6 Å². The molecule has 21 heavy (non-hydrogen) atoms. The average Bonchev–Trinajstić information content (AvgIpc) is 2.93. The van der Waals surface area contributed by atoms with Gasteiger partial charge in [-0.25, -0.2) is 0 Å². The Hall–Kier alpha value is -2.04. The van der Waals surface area contributed by atoms with Gasteiger partial charge < -0.3 is 14.7 Å². The molecule has 1 N–H and O–H groups in total. The van der Waals surface area contributed by atoms with Crippen LogP contribution in [-0.2, 0) is 9.59 Å². The van der Waals surface area contributed by atoms with E-state index in [4.69, 9.17) is 9.84 Å². The predicted molar refractivity (Wildman–Crippen MR) is 78.4 cm³/mol. The Morgan fingerprint density at radius 3 is 2.62 bits per heavy atom. The van der Waals surface area contributed by atoms with Gasteiger partial charge in [0.2, 0.25) is 5.91 Å². The highest BCUT2D eigenvalue weighted by molar-refractivity contribution is 5.84. The summed E-state index contributed by atoms with van der Waals surface area (Å²) in [6, 6.07) is 7.25. The van der Waals surface area contributed by atoms with Crippen LogP contribution >= 0.6 is 0 Å². The molecule has 1 fully saturated rings. The minimum absolute atomic E-state index is 0.00363. The molecule has 1 heterocycles. The molecular weight excluding hydrogens is 270 g/mol. The standard InChI is InChI=1S/C16H21NO4/c1-11(12-5-7-14(21-2)8-6-12)16(20)17-9-3-4-13(17)10-15(18)19/h5-8,11,13H,3-4,9-10H2,1-2H3,(H,18,19). The third kappa shape index (κ3) is 3.54. The minimum atomic E-state index is -0.850. The fourth-order valence-electron chi connectivity index (χ4n) is 2.82. The number of hydrogen-bond donors (Lipinski definition) is 1. The summed E-state index contributed by atoms with van der Waals surface area (Å²) in [6.45, 7) is 2.51. The number of carbonyl (C=O) groups is 2. The number of hydrogen-bond acceptors (Lipinski definition) is 3. The van der Waals surface area contributed by atoms with E-state index in [1.807, 2.05) is 31.2 Å². The van der Waals surface area contributed by atoms with Crippen molar-refractivity contribution in [1.82, 2.24) is 4.90 Å². The Morgan fingerprint density at radius 2 is 2.05 bits per heavy atom. The highest BCUT2D eigenvalue weighted by atomic mass is 16.5. The van der Waals surface area contributed by atoms with Crippen molar-refractivity contribution >= 4 is 11.9 Å². The molecule has 1 saturated heterocycles. The Kier molecular flexibility index (Phi) is 4.83. The summed E-state index contributed by atoms with van der Waals surface area (Å²) in [4.78, 5) is 25.2. The molecule has 1 aromatic rings. The number of nitrogens with zero attached hydrogens (tertiary/aromatic N) is 1. The van der Waals surface area contributed by atoms with Crippen LogP contribution in [-0.4, -0.2) is 41.6 Å². The van der Waals surface area contributed by atoms with Crippen molar-refractivity contribution < 1.29 is 19.4 Å². The van der Waals surface area contributed by atoms with Crippen LogP contribution in [0.4, 0.5) is 0 Å². The molecule has 5 nitrogen and oxygen atoms in total. The van der Waals surface area contributed by atoms with Crippen molar-refractivity contribution in [3.8, 4) is 5.75 Å². The van der Waals surface area contributed by atoms with Crippen LogP contribution in [0.2, 0.25) is 0 Å². The summed E-state index contributed by atoms with van der Waals surface area (Å²) in [5.74, 6) is -0.366. The molecule has 1 aromatic carbocycles. The molecule has 1 amide bonds. The fraction of sp³-hybridized carbons (Fsp3) is 0.500. The van der Waals surface area contributed by atoms with Gasteiger partial charge in [-0.2, -0.15) is 0 Å². The Labute approximate surface area is 124 Å². The third-order valence-electron chi connectivity index (χ3n) is 4.06. The van der Waals surface area contributed by atoms with E-state index in [0.717, 1.165) is 24.2 Å². The van der Waals surface area contributed by atoms with Gasteiger partial charge in [-0.3, -0.25) is 9.59 Å². The maximum Gasteiger partial charge on any atom is 0.305 e. The molecule has 2 rings (SSSR count). The van der Waals surface area contributed by atoms with Crippen LogP contribution in [0.1, 0.15) is 37.7 Å². The van der Waals surface area contributed by atoms with Crippen LogP contribution in [0.3, 0.4) is 0 Å². The molecule has 0 spiro atoms. The van der Waals surface area contributed by atoms with Crippen LogP contribution in [0.25, 0.3) is 0 Å². The van der Waals surface area contributed by atoms with E-state index in [9.17, 15) is 9.59 Å². The minimum Gasteiger partial charge on any atom is -0.497 e. The summed E-state index contributed by atoms with van der Waals surface area (Å²) < 4.78 is 5.11. The summed E-state index contributed by atoms with van der Waals surface area (Å²) in [5, 5.41) is 8.93. The zero-order chi connectivity index (χ0) is 15.4. The SMILES string of the molecule is COc1ccc(C(C)C(=O)N2CCCC2CC(=O)O)cc1. The first-order valence-electron chi connectivity index (χ1n) is 7.19. The normalized spacial score (nSPS) is 19.3. The van der Waals surface area contributed by atoms with E-state index in [1.54, 1.807) is 12.0 Å².